The zero-order valence-electron chi connectivity index (χ0n) is 21.6. The summed E-state index contributed by atoms with van der Waals surface area (Å²) in [4.78, 5) is 34.7. The highest BCUT2D eigenvalue weighted by molar-refractivity contribution is 7.13. The van der Waals surface area contributed by atoms with E-state index in [1.54, 1.807) is 0 Å². The van der Waals surface area contributed by atoms with Gasteiger partial charge in [0.15, 0.2) is 5.13 Å². The van der Waals surface area contributed by atoms with Crippen LogP contribution in [0.4, 0.5) is 5.13 Å². The second-order valence-electron chi connectivity index (χ2n) is 10.8. The van der Waals surface area contributed by atoms with Crippen LogP contribution in [-0.2, 0) is 20.7 Å². The molecule has 2 aromatic rings. The summed E-state index contributed by atoms with van der Waals surface area (Å²) in [5.74, 6) is 0.637. The quantitative estimate of drug-likeness (QED) is 0.560. The molecule has 9 heteroatoms. The molecule has 2 fully saturated rings. The van der Waals surface area contributed by atoms with Crippen molar-refractivity contribution in [2.24, 2.45) is 11.3 Å². The molecule has 0 spiro atoms. The maximum atomic E-state index is 13.7. The molecule has 1 N–H and O–H groups in total. The summed E-state index contributed by atoms with van der Waals surface area (Å²) in [7, 11) is 0. The first-order chi connectivity index (χ1) is 17.1. The molecule has 4 rings (SSSR count). The Morgan fingerprint density at radius 1 is 1.17 bits per heavy atom. The molecule has 0 bridgehead atoms. The van der Waals surface area contributed by atoms with Gasteiger partial charge < -0.3 is 19.9 Å². The number of rotatable bonds is 7. The number of nitrogens with zero attached hydrogens (tertiary/aromatic N) is 3. The van der Waals surface area contributed by atoms with Gasteiger partial charge in [-0.05, 0) is 41.4 Å². The molecule has 196 valence electrons. The predicted molar refractivity (Wildman–Crippen MR) is 145 cm³/mol. The molecule has 36 heavy (non-hydrogen) atoms. The summed E-state index contributed by atoms with van der Waals surface area (Å²) in [6, 6.07) is 7.73. The molecule has 2 saturated heterocycles. The number of carbonyl (C=O) groups is 2. The van der Waals surface area contributed by atoms with Crippen LogP contribution in [0.5, 0.6) is 0 Å². The van der Waals surface area contributed by atoms with Gasteiger partial charge in [-0.1, -0.05) is 51.4 Å². The van der Waals surface area contributed by atoms with Crippen LogP contribution in [0.15, 0.2) is 29.6 Å². The fourth-order valence-corrected chi connectivity index (χ4v) is 6.11. The summed E-state index contributed by atoms with van der Waals surface area (Å²) in [6.07, 6.45) is 1.18. The molecule has 3 heterocycles. The number of nitrogens with one attached hydrogen (secondary N) is 1. The van der Waals surface area contributed by atoms with Gasteiger partial charge in [-0.3, -0.25) is 9.59 Å². The van der Waals surface area contributed by atoms with Crippen LogP contribution in [0.25, 0.3) is 0 Å². The number of thiazole rings is 1. The molecule has 7 nitrogen and oxygen atoms in total. The molecule has 2 unspecified atom stereocenters. The number of hydrogen-bond acceptors (Lipinski definition) is 6. The molecular weight excluding hydrogens is 496 g/mol. The number of morpholine rings is 1. The van der Waals surface area contributed by atoms with Gasteiger partial charge in [-0.2, -0.15) is 0 Å². The van der Waals surface area contributed by atoms with Gasteiger partial charge in [0.2, 0.25) is 11.8 Å². The summed E-state index contributed by atoms with van der Waals surface area (Å²) in [5.41, 5.74) is 1.95. The number of aromatic nitrogens is 1. The van der Waals surface area contributed by atoms with Crippen molar-refractivity contribution in [1.82, 2.24) is 14.8 Å². The number of likely N-dealkylation sites (tertiary alicyclic amines) is 1. The summed E-state index contributed by atoms with van der Waals surface area (Å²) < 4.78 is 5.33. The maximum Gasteiger partial charge on any atom is 0.245 e. The number of amides is 2. The van der Waals surface area contributed by atoms with Gasteiger partial charge in [-0.25, -0.2) is 4.98 Å². The topological polar surface area (TPSA) is 74.8 Å². The highest BCUT2D eigenvalue weighted by atomic mass is 35.5. The molecule has 2 amide bonds. The van der Waals surface area contributed by atoms with Crippen LogP contribution >= 0.6 is 22.9 Å². The minimum Gasteiger partial charge on any atom is -0.378 e. The van der Waals surface area contributed by atoms with Crippen LogP contribution in [0.3, 0.4) is 0 Å². The number of hydrogen-bond donors (Lipinski definition) is 1. The fourth-order valence-electron chi connectivity index (χ4n) is 5.24. The number of piperidine rings is 1. The molecule has 0 aliphatic carbocycles. The van der Waals surface area contributed by atoms with E-state index in [0.717, 1.165) is 23.7 Å². The average molecular weight is 533 g/mol. The van der Waals surface area contributed by atoms with Crippen LogP contribution in [0.1, 0.15) is 51.3 Å². The van der Waals surface area contributed by atoms with E-state index >= 15 is 0 Å². The number of carbonyl (C=O) groups excluding carboxylic acids is 2. The Morgan fingerprint density at radius 3 is 2.50 bits per heavy atom. The van der Waals surface area contributed by atoms with E-state index in [1.165, 1.54) is 16.9 Å². The monoisotopic (exact) mass is 532 g/mol. The molecule has 0 radical (unpaired) electrons. The summed E-state index contributed by atoms with van der Waals surface area (Å²) in [6.45, 7) is 12.4. The van der Waals surface area contributed by atoms with Gasteiger partial charge in [0.25, 0.3) is 0 Å². The van der Waals surface area contributed by atoms with E-state index in [9.17, 15) is 9.59 Å². The smallest absolute Gasteiger partial charge is 0.245 e. The third-order valence-electron chi connectivity index (χ3n) is 7.27. The standard InChI is InChI=1S/C27H37ClN4O3S/c1-18(2)24(30-26-29-21(16-36-26)15-23(33)31-11-13-35-14-12-31)25(34)32-10-9-22(27(3,4)17-32)19-5-7-20(28)8-6-19/h5-8,16,18,22,24H,9-15,17H2,1-4H3,(H,29,30). The minimum atomic E-state index is -0.373. The number of halogens is 1. The first-order valence-corrected chi connectivity index (χ1v) is 14.0. The van der Waals surface area contributed by atoms with Crippen LogP contribution in [0.2, 0.25) is 5.02 Å². The Balaban J connectivity index is 1.38. The second-order valence-corrected chi connectivity index (χ2v) is 12.1. The highest BCUT2D eigenvalue weighted by Crippen LogP contribution is 2.42. The SMILES string of the molecule is CC(C)C(Nc1nc(CC(=O)N2CCOCC2)cs1)C(=O)N1CCC(c2ccc(Cl)cc2)C(C)(C)C1. The zero-order valence-corrected chi connectivity index (χ0v) is 23.2. The average Bonchev–Trinajstić information content (AvgIpc) is 3.29. The zero-order chi connectivity index (χ0) is 25.9. The Labute approximate surface area is 223 Å². The molecule has 2 aliphatic heterocycles. The third kappa shape index (κ3) is 6.39. The number of benzene rings is 1. The van der Waals surface area contributed by atoms with Crippen LogP contribution in [-0.4, -0.2) is 72.0 Å². The van der Waals surface area contributed by atoms with E-state index < -0.39 is 0 Å². The second kappa shape index (κ2) is 11.5. The van der Waals surface area contributed by atoms with Crippen molar-refractivity contribution in [2.75, 3.05) is 44.7 Å². The van der Waals surface area contributed by atoms with Gasteiger partial charge in [-0.15, -0.1) is 11.3 Å². The Kier molecular flexibility index (Phi) is 8.58. The van der Waals surface area contributed by atoms with Crippen molar-refractivity contribution >= 4 is 39.9 Å². The largest absolute Gasteiger partial charge is 0.378 e. The van der Waals surface area contributed by atoms with E-state index in [1.807, 2.05) is 27.3 Å². The van der Waals surface area contributed by atoms with Gasteiger partial charge >= 0.3 is 0 Å². The molecule has 2 aliphatic rings. The predicted octanol–water partition coefficient (Wildman–Crippen LogP) is 4.68. The first kappa shape index (κ1) is 26.9. The van der Waals surface area contributed by atoms with Crippen LogP contribution in [0, 0.1) is 11.3 Å². The van der Waals surface area contributed by atoms with Crippen LogP contribution < -0.4 is 5.32 Å². The number of ether oxygens (including phenoxy) is 1. The molecular formula is C27H37ClN4O3S. The lowest BCUT2D eigenvalue weighted by Crippen LogP contribution is -2.53. The van der Waals surface area contributed by atoms with Crippen molar-refractivity contribution in [3.05, 3.63) is 45.9 Å². The lowest BCUT2D eigenvalue weighted by Gasteiger charge is -2.45. The number of anilines is 1. The molecule has 0 saturated carbocycles. The van der Waals surface area contributed by atoms with Gasteiger partial charge in [0.05, 0.1) is 25.3 Å². The van der Waals surface area contributed by atoms with Gasteiger partial charge in [0.1, 0.15) is 6.04 Å². The van der Waals surface area contributed by atoms with Crippen molar-refractivity contribution in [3.8, 4) is 0 Å². The Bertz CT molecular complexity index is 1050. The lowest BCUT2D eigenvalue weighted by atomic mass is 9.70. The summed E-state index contributed by atoms with van der Waals surface area (Å²) in [5, 5.41) is 6.71. The molecule has 1 aromatic carbocycles. The normalized spacial score (nSPS) is 20.9. The maximum absolute atomic E-state index is 13.7. The molecule has 2 atom stereocenters. The minimum absolute atomic E-state index is 0.0581. The van der Waals surface area contributed by atoms with Crippen molar-refractivity contribution in [3.63, 3.8) is 0 Å². The highest BCUT2D eigenvalue weighted by Gasteiger charge is 2.40. The Morgan fingerprint density at radius 2 is 1.86 bits per heavy atom. The van der Waals surface area contributed by atoms with Gasteiger partial charge in [0, 0.05) is 36.6 Å². The molecule has 1 aromatic heterocycles. The van der Waals surface area contributed by atoms with E-state index in [4.69, 9.17) is 16.3 Å². The Hall–Kier alpha value is -2.16. The lowest BCUT2D eigenvalue weighted by molar-refractivity contribution is -0.136. The fraction of sp³-hybridized carbons (Fsp3) is 0.593. The van der Waals surface area contributed by atoms with E-state index in [0.29, 0.717) is 43.9 Å². The van der Waals surface area contributed by atoms with E-state index in [-0.39, 0.29) is 35.6 Å². The first-order valence-electron chi connectivity index (χ1n) is 12.7. The summed E-state index contributed by atoms with van der Waals surface area (Å²) >= 11 is 7.54. The third-order valence-corrected chi connectivity index (χ3v) is 8.35. The van der Waals surface area contributed by atoms with Crippen molar-refractivity contribution in [2.45, 2.75) is 52.5 Å². The van der Waals surface area contributed by atoms with E-state index in [2.05, 4.69) is 50.1 Å². The van der Waals surface area contributed by atoms with Crippen molar-refractivity contribution < 1.29 is 14.3 Å². The van der Waals surface area contributed by atoms with Crippen molar-refractivity contribution in [1.29, 1.82) is 0 Å².